The molecule has 1 aromatic heterocycles. The highest BCUT2D eigenvalue weighted by molar-refractivity contribution is 5.92. The highest BCUT2D eigenvalue weighted by Gasteiger charge is 2.33. The highest BCUT2D eigenvalue weighted by atomic mass is 19.4. The lowest BCUT2D eigenvalue weighted by Gasteiger charge is -2.23. The molecule has 1 amide bonds. The van der Waals surface area contributed by atoms with Gasteiger partial charge in [-0.25, -0.2) is 4.98 Å². The van der Waals surface area contributed by atoms with E-state index in [9.17, 15) is 18.0 Å². The molecule has 4 aromatic rings. The number of carbonyl (C=O) groups is 1. The smallest absolute Gasteiger partial charge is 0.416 e. The number of benzene rings is 3. The van der Waals surface area contributed by atoms with Crippen molar-refractivity contribution in [1.29, 1.82) is 0 Å². The van der Waals surface area contributed by atoms with E-state index in [0.29, 0.717) is 6.54 Å². The van der Waals surface area contributed by atoms with Gasteiger partial charge in [-0.15, -0.1) is 0 Å². The summed E-state index contributed by atoms with van der Waals surface area (Å²) in [7, 11) is 0. The van der Waals surface area contributed by atoms with Crippen LogP contribution in [0.25, 0.3) is 0 Å². The Morgan fingerprint density at radius 2 is 1.56 bits per heavy atom. The highest BCUT2D eigenvalue weighted by Crippen LogP contribution is 2.32. The predicted molar refractivity (Wildman–Crippen MR) is 130 cm³/mol. The molecule has 0 bridgehead atoms. The summed E-state index contributed by atoms with van der Waals surface area (Å²) >= 11 is 0. The van der Waals surface area contributed by atoms with Gasteiger partial charge in [0.15, 0.2) is 5.69 Å². The fourth-order valence-corrected chi connectivity index (χ4v) is 3.96. The summed E-state index contributed by atoms with van der Waals surface area (Å²) in [6.07, 6.45) is -3.19. The van der Waals surface area contributed by atoms with Crippen molar-refractivity contribution in [3.63, 3.8) is 0 Å². The average Bonchev–Trinajstić information content (AvgIpc) is 3.33. The van der Waals surface area contributed by atoms with Crippen molar-refractivity contribution < 1.29 is 22.4 Å². The van der Waals surface area contributed by atoms with Crippen LogP contribution in [0.5, 0.6) is 0 Å². The first-order valence-corrected chi connectivity index (χ1v) is 11.5. The number of halogens is 3. The summed E-state index contributed by atoms with van der Waals surface area (Å²) in [5.74, 6) is -0.147. The lowest BCUT2D eigenvalue weighted by molar-refractivity contribution is -0.138. The van der Waals surface area contributed by atoms with Crippen molar-refractivity contribution in [2.45, 2.75) is 38.8 Å². The number of hydrogen-bond donors (Lipinski definition) is 1. The number of alkyl halides is 3. The maximum atomic E-state index is 13.6. The van der Waals surface area contributed by atoms with E-state index in [1.807, 2.05) is 67.6 Å². The molecule has 186 valence electrons. The van der Waals surface area contributed by atoms with E-state index in [2.05, 4.69) is 10.3 Å². The van der Waals surface area contributed by atoms with Crippen LogP contribution in [0.3, 0.4) is 0 Å². The Balaban J connectivity index is 1.51. The minimum atomic E-state index is -4.46. The van der Waals surface area contributed by atoms with Crippen molar-refractivity contribution >= 4 is 5.91 Å². The maximum Gasteiger partial charge on any atom is 0.416 e. The second-order valence-electron chi connectivity index (χ2n) is 8.52. The van der Waals surface area contributed by atoms with Crippen LogP contribution in [-0.2, 0) is 25.8 Å². The molecule has 0 fully saturated rings. The number of rotatable bonds is 9. The minimum absolute atomic E-state index is 0.0273. The third-order valence-electron chi connectivity index (χ3n) is 5.76. The zero-order valence-corrected chi connectivity index (χ0v) is 19.7. The van der Waals surface area contributed by atoms with Crippen LogP contribution in [0.4, 0.5) is 13.2 Å². The van der Waals surface area contributed by atoms with E-state index in [0.717, 1.165) is 17.2 Å². The number of nitrogens with zero attached hydrogens (tertiary/aromatic N) is 2. The Kier molecular flexibility index (Phi) is 7.85. The van der Waals surface area contributed by atoms with Crippen molar-refractivity contribution in [2.75, 3.05) is 0 Å². The minimum Gasteiger partial charge on any atom is -0.447 e. The zero-order chi connectivity index (χ0) is 25.5. The summed E-state index contributed by atoms with van der Waals surface area (Å²) < 4.78 is 46.3. The lowest BCUT2D eigenvalue weighted by Crippen LogP contribution is -2.27. The van der Waals surface area contributed by atoms with E-state index < -0.39 is 17.6 Å². The molecule has 0 unspecified atom stereocenters. The first-order chi connectivity index (χ1) is 17.3. The predicted octanol–water partition coefficient (Wildman–Crippen LogP) is 6.39. The van der Waals surface area contributed by atoms with Crippen LogP contribution in [0, 0.1) is 0 Å². The van der Waals surface area contributed by atoms with E-state index >= 15 is 0 Å². The fraction of sp³-hybridized carbons (Fsp3) is 0.214. The van der Waals surface area contributed by atoms with Crippen LogP contribution in [0.2, 0.25) is 0 Å². The summed E-state index contributed by atoms with van der Waals surface area (Å²) in [4.78, 5) is 18.8. The standard InChI is InChI=1S/C28H26F3N3O2/c1-20(22-12-6-3-7-13-22)32-27(35)25-19-36-26(33-25)18-34(16-21-10-4-2-5-11-21)17-23-14-8-9-15-24(23)28(29,30)31/h2-15,19-20H,16-18H2,1H3,(H,32,35)/t20-/m0/s1. The van der Waals surface area contributed by atoms with Gasteiger partial charge in [-0.3, -0.25) is 9.69 Å². The summed E-state index contributed by atoms with van der Waals surface area (Å²) in [5, 5.41) is 2.88. The van der Waals surface area contributed by atoms with Crippen molar-refractivity contribution in [3.05, 3.63) is 125 Å². The van der Waals surface area contributed by atoms with Gasteiger partial charge in [0.05, 0.1) is 18.2 Å². The van der Waals surface area contributed by atoms with Gasteiger partial charge in [-0.2, -0.15) is 13.2 Å². The quantitative estimate of drug-likeness (QED) is 0.294. The molecule has 0 aliphatic heterocycles. The average molecular weight is 494 g/mol. The Hall–Kier alpha value is -3.91. The molecule has 0 aliphatic rings. The van der Waals surface area contributed by atoms with Crippen LogP contribution in [0.1, 0.15) is 51.6 Å². The molecule has 36 heavy (non-hydrogen) atoms. The Morgan fingerprint density at radius 3 is 2.25 bits per heavy atom. The van der Waals surface area contributed by atoms with E-state index in [4.69, 9.17) is 4.42 Å². The van der Waals surface area contributed by atoms with Gasteiger partial charge >= 0.3 is 6.18 Å². The number of amides is 1. The third kappa shape index (κ3) is 6.60. The molecule has 4 rings (SSSR count). The van der Waals surface area contributed by atoms with E-state index in [1.54, 1.807) is 11.0 Å². The molecular weight excluding hydrogens is 467 g/mol. The lowest BCUT2D eigenvalue weighted by atomic mass is 10.1. The van der Waals surface area contributed by atoms with E-state index in [-0.39, 0.29) is 36.3 Å². The topological polar surface area (TPSA) is 58.4 Å². The van der Waals surface area contributed by atoms with Gasteiger partial charge in [-0.1, -0.05) is 78.9 Å². The van der Waals surface area contributed by atoms with Gasteiger partial charge in [-0.05, 0) is 29.7 Å². The molecule has 8 heteroatoms. The van der Waals surface area contributed by atoms with Crippen LogP contribution in [-0.4, -0.2) is 15.8 Å². The van der Waals surface area contributed by atoms with E-state index in [1.165, 1.54) is 18.4 Å². The van der Waals surface area contributed by atoms with Crippen molar-refractivity contribution in [3.8, 4) is 0 Å². The van der Waals surface area contributed by atoms with Crippen molar-refractivity contribution in [1.82, 2.24) is 15.2 Å². The molecule has 3 aromatic carbocycles. The first kappa shape index (κ1) is 25.2. The van der Waals surface area contributed by atoms with Crippen molar-refractivity contribution in [2.24, 2.45) is 0 Å². The monoisotopic (exact) mass is 493 g/mol. The molecule has 0 saturated carbocycles. The normalized spacial score (nSPS) is 12.5. The fourth-order valence-electron chi connectivity index (χ4n) is 3.96. The summed E-state index contributed by atoms with van der Waals surface area (Å²) in [6, 6.07) is 24.2. The van der Waals surface area contributed by atoms with Crippen LogP contribution in [0.15, 0.2) is 95.6 Å². The molecule has 0 saturated heterocycles. The number of aromatic nitrogens is 1. The molecule has 1 heterocycles. The molecule has 0 aliphatic carbocycles. The Labute approximate surface area is 207 Å². The second kappa shape index (κ2) is 11.2. The number of nitrogens with one attached hydrogen (secondary N) is 1. The third-order valence-corrected chi connectivity index (χ3v) is 5.76. The second-order valence-corrected chi connectivity index (χ2v) is 8.52. The van der Waals surface area contributed by atoms with Gasteiger partial charge < -0.3 is 9.73 Å². The summed E-state index contributed by atoms with van der Waals surface area (Å²) in [6.45, 7) is 2.40. The number of hydrogen-bond acceptors (Lipinski definition) is 4. The first-order valence-electron chi connectivity index (χ1n) is 11.5. The maximum absolute atomic E-state index is 13.6. The molecule has 0 spiro atoms. The number of carbonyl (C=O) groups excluding carboxylic acids is 1. The zero-order valence-electron chi connectivity index (χ0n) is 19.7. The van der Waals surface area contributed by atoms with Crippen LogP contribution >= 0.6 is 0 Å². The SMILES string of the molecule is C[C@H](NC(=O)c1coc(CN(Cc2ccccc2)Cc2ccccc2C(F)(F)F)n1)c1ccccc1. The summed E-state index contributed by atoms with van der Waals surface area (Å²) in [5.41, 5.74) is 1.48. The Morgan fingerprint density at radius 1 is 0.917 bits per heavy atom. The molecule has 0 radical (unpaired) electrons. The van der Waals surface area contributed by atoms with Gasteiger partial charge in [0, 0.05) is 13.1 Å². The van der Waals surface area contributed by atoms with Crippen LogP contribution < -0.4 is 5.32 Å². The molecule has 1 N–H and O–H groups in total. The van der Waals surface area contributed by atoms with Gasteiger partial charge in [0.1, 0.15) is 6.26 Å². The molecular formula is C28H26F3N3O2. The number of oxazole rings is 1. The van der Waals surface area contributed by atoms with Gasteiger partial charge in [0.2, 0.25) is 5.89 Å². The van der Waals surface area contributed by atoms with Gasteiger partial charge in [0.25, 0.3) is 5.91 Å². The Bertz CT molecular complexity index is 1270. The largest absolute Gasteiger partial charge is 0.447 e. The molecule has 5 nitrogen and oxygen atoms in total. The molecule has 1 atom stereocenters.